The number of hydrogen-bond acceptors (Lipinski definition) is 4. The molecule has 0 saturated heterocycles. The van der Waals surface area contributed by atoms with Gasteiger partial charge in [-0.3, -0.25) is 4.98 Å². The molecule has 0 N–H and O–H groups in total. The lowest BCUT2D eigenvalue weighted by molar-refractivity contribution is 1.02. The van der Waals surface area contributed by atoms with Crippen molar-refractivity contribution >= 4 is 22.9 Å². The minimum Gasteiger partial charge on any atom is -0.256 e. The Morgan fingerprint density at radius 2 is 2.00 bits per heavy atom. The molecule has 13 heavy (non-hydrogen) atoms. The smallest absolute Gasteiger partial charge is 0.150 e. The van der Waals surface area contributed by atoms with Crippen molar-refractivity contribution < 1.29 is 0 Å². The van der Waals surface area contributed by atoms with Crippen molar-refractivity contribution in [1.82, 2.24) is 15.0 Å². The highest BCUT2D eigenvalue weighted by molar-refractivity contribution is 7.09. The Morgan fingerprint density at radius 1 is 1.15 bits per heavy atom. The first-order valence-corrected chi connectivity index (χ1v) is 4.96. The number of hydrogen-bond donors (Lipinski definition) is 0. The van der Waals surface area contributed by atoms with E-state index >= 15 is 0 Å². The molecule has 0 spiro atoms. The highest BCUT2D eigenvalue weighted by Gasteiger charge is 2.04. The van der Waals surface area contributed by atoms with Crippen LogP contribution in [-0.2, 0) is 6.42 Å². The van der Waals surface area contributed by atoms with Crippen LogP contribution in [0.5, 0.6) is 0 Å². The van der Waals surface area contributed by atoms with Crippen LogP contribution < -0.4 is 0 Å². The molecule has 0 aliphatic heterocycles. The Hall–Kier alpha value is -1.000. The molecule has 2 aromatic heterocycles. The number of rotatable bonds is 2. The third kappa shape index (κ3) is 2.02. The average molecular weight is 212 g/mol. The summed E-state index contributed by atoms with van der Waals surface area (Å²) in [5.41, 5.74) is 0.777. The van der Waals surface area contributed by atoms with Gasteiger partial charge in [-0.25, -0.2) is 9.97 Å². The van der Waals surface area contributed by atoms with Crippen molar-refractivity contribution in [3.8, 4) is 0 Å². The van der Waals surface area contributed by atoms with Gasteiger partial charge in [0, 0.05) is 30.4 Å². The highest BCUT2D eigenvalue weighted by atomic mass is 35.5. The largest absolute Gasteiger partial charge is 0.256 e. The molecular formula is C8H6ClN3S. The maximum Gasteiger partial charge on any atom is 0.150 e. The Morgan fingerprint density at radius 3 is 2.69 bits per heavy atom. The highest BCUT2D eigenvalue weighted by Crippen LogP contribution is 2.15. The Labute approximate surface area is 84.5 Å². The number of nitrogens with zero attached hydrogens (tertiary/aromatic N) is 3. The summed E-state index contributed by atoms with van der Waals surface area (Å²) in [4.78, 5) is 12.2. The average Bonchev–Trinajstić information content (AvgIpc) is 2.61. The standard InChI is InChI=1S/C8H6ClN3S/c9-8-6(10-1-2-12-8)5-7-11-3-4-13-7/h1-4H,5H2. The van der Waals surface area contributed by atoms with Gasteiger partial charge in [-0.15, -0.1) is 11.3 Å². The van der Waals surface area contributed by atoms with Gasteiger partial charge in [0.05, 0.1) is 10.7 Å². The molecule has 2 rings (SSSR count). The van der Waals surface area contributed by atoms with E-state index in [1.807, 2.05) is 5.38 Å². The SMILES string of the molecule is Clc1nccnc1Cc1nccs1. The second-order valence-electron chi connectivity index (χ2n) is 2.40. The molecule has 3 nitrogen and oxygen atoms in total. The monoisotopic (exact) mass is 211 g/mol. The van der Waals surface area contributed by atoms with Gasteiger partial charge in [0.1, 0.15) is 0 Å². The molecule has 5 heteroatoms. The summed E-state index contributed by atoms with van der Waals surface area (Å²) in [6.45, 7) is 0. The minimum absolute atomic E-state index is 0.456. The van der Waals surface area contributed by atoms with Crippen LogP contribution in [0, 0.1) is 0 Å². The minimum atomic E-state index is 0.456. The zero-order valence-electron chi connectivity index (χ0n) is 6.64. The van der Waals surface area contributed by atoms with Crippen molar-refractivity contribution in [3.63, 3.8) is 0 Å². The second kappa shape index (κ2) is 3.81. The first-order chi connectivity index (χ1) is 6.36. The third-order valence-corrected chi connectivity index (χ3v) is 2.62. The van der Waals surface area contributed by atoms with Crippen LogP contribution in [0.25, 0.3) is 0 Å². The maximum atomic E-state index is 5.84. The lowest BCUT2D eigenvalue weighted by atomic mass is 10.3. The van der Waals surface area contributed by atoms with E-state index in [1.54, 1.807) is 29.9 Å². The Balaban J connectivity index is 2.24. The Kier molecular flexibility index (Phi) is 2.52. The van der Waals surface area contributed by atoms with Crippen molar-refractivity contribution in [2.45, 2.75) is 6.42 Å². The van der Waals surface area contributed by atoms with Crippen LogP contribution in [0.3, 0.4) is 0 Å². The van der Waals surface area contributed by atoms with Crippen LogP contribution >= 0.6 is 22.9 Å². The molecule has 2 aromatic rings. The second-order valence-corrected chi connectivity index (χ2v) is 3.73. The predicted molar refractivity (Wildman–Crippen MR) is 52.0 cm³/mol. The normalized spacial score (nSPS) is 10.2. The summed E-state index contributed by atoms with van der Waals surface area (Å²) < 4.78 is 0. The third-order valence-electron chi connectivity index (χ3n) is 1.53. The van der Waals surface area contributed by atoms with Crippen LogP contribution in [0.2, 0.25) is 5.15 Å². The summed E-state index contributed by atoms with van der Waals surface area (Å²) in [7, 11) is 0. The van der Waals surface area contributed by atoms with Crippen molar-refractivity contribution in [3.05, 3.63) is 39.8 Å². The molecule has 0 aliphatic rings. The van der Waals surface area contributed by atoms with E-state index in [-0.39, 0.29) is 0 Å². The molecular weight excluding hydrogens is 206 g/mol. The van der Waals surface area contributed by atoms with Gasteiger partial charge in [0.15, 0.2) is 5.15 Å². The molecule has 0 saturated carbocycles. The van der Waals surface area contributed by atoms with Gasteiger partial charge in [0.2, 0.25) is 0 Å². The molecule has 0 bridgehead atoms. The molecule has 66 valence electrons. The summed E-state index contributed by atoms with van der Waals surface area (Å²) >= 11 is 7.43. The van der Waals surface area contributed by atoms with Crippen LogP contribution in [0.15, 0.2) is 24.0 Å². The van der Waals surface area contributed by atoms with Crippen LogP contribution in [0.4, 0.5) is 0 Å². The molecule has 0 aromatic carbocycles. The maximum absolute atomic E-state index is 5.84. The summed E-state index contributed by atoms with van der Waals surface area (Å²) in [5.74, 6) is 0. The van der Waals surface area contributed by atoms with E-state index < -0.39 is 0 Å². The molecule has 2 heterocycles. The van der Waals surface area contributed by atoms with Gasteiger partial charge in [-0.1, -0.05) is 11.6 Å². The van der Waals surface area contributed by atoms with E-state index in [9.17, 15) is 0 Å². The van der Waals surface area contributed by atoms with E-state index in [1.165, 1.54) is 0 Å². The molecule has 0 atom stereocenters. The fourth-order valence-corrected chi connectivity index (χ4v) is 1.74. The van der Waals surface area contributed by atoms with Crippen molar-refractivity contribution in [1.29, 1.82) is 0 Å². The van der Waals surface area contributed by atoms with Gasteiger partial charge in [0.25, 0.3) is 0 Å². The Bertz CT molecular complexity index is 388. The molecule has 0 unspecified atom stereocenters. The fourth-order valence-electron chi connectivity index (χ4n) is 0.952. The zero-order valence-corrected chi connectivity index (χ0v) is 8.22. The summed E-state index contributed by atoms with van der Waals surface area (Å²) in [5, 5.41) is 3.39. The van der Waals surface area contributed by atoms with Gasteiger partial charge >= 0.3 is 0 Å². The quantitative estimate of drug-likeness (QED) is 0.764. The lowest BCUT2D eigenvalue weighted by Gasteiger charge is -1.97. The summed E-state index contributed by atoms with van der Waals surface area (Å²) in [6.07, 6.45) is 5.64. The number of thiazole rings is 1. The predicted octanol–water partition coefficient (Wildman–Crippen LogP) is 2.18. The summed E-state index contributed by atoms with van der Waals surface area (Å²) in [6, 6.07) is 0. The fraction of sp³-hybridized carbons (Fsp3) is 0.125. The van der Waals surface area contributed by atoms with E-state index in [0.29, 0.717) is 11.6 Å². The first-order valence-electron chi connectivity index (χ1n) is 3.70. The van der Waals surface area contributed by atoms with E-state index in [0.717, 1.165) is 10.7 Å². The number of halogens is 1. The first kappa shape index (κ1) is 8.59. The number of aromatic nitrogens is 3. The van der Waals surface area contributed by atoms with Gasteiger partial charge in [-0.05, 0) is 0 Å². The lowest BCUT2D eigenvalue weighted by Crippen LogP contribution is -1.93. The molecule has 0 radical (unpaired) electrons. The topological polar surface area (TPSA) is 38.7 Å². The van der Waals surface area contributed by atoms with Crippen LogP contribution in [0.1, 0.15) is 10.7 Å². The van der Waals surface area contributed by atoms with E-state index in [4.69, 9.17) is 11.6 Å². The van der Waals surface area contributed by atoms with Gasteiger partial charge < -0.3 is 0 Å². The zero-order chi connectivity index (χ0) is 9.10. The van der Waals surface area contributed by atoms with Crippen molar-refractivity contribution in [2.24, 2.45) is 0 Å². The molecule has 0 fully saturated rings. The molecule has 0 aliphatic carbocycles. The van der Waals surface area contributed by atoms with Crippen molar-refractivity contribution in [2.75, 3.05) is 0 Å². The van der Waals surface area contributed by atoms with Gasteiger partial charge in [-0.2, -0.15) is 0 Å². The molecule has 0 amide bonds. The van der Waals surface area contributed by atoms with Crippen LogP contribution in [-0.4, -0.2) is 15.0 Å². The van der Waals surface area contributed by atoms with E-state index in [2.05, 4.69) is 15.0 Å².